The van der Waals surface area contributed by atoms with E-state index < -0.39 is 10.0 Å². The number of sulfonamides is 1. The maximum atomic E-state index is 12.0. The number of rotatable bonds is 7. The van der Waals surface area contributed by atoms with Crippen molar-refractivity contribution in [1.82, 2.24) is 9.62 Å². The van der Waals surface area contributed by atoms with E-state index in [1.807, 2.05) is 26.8 Å². The molecule has 5 nitrogen and oxygen atoms in total. The van der Waals surface area contributed by atoms with Gasteiger partial charge in [0.05, 0.1) is 4.90 Å². The zero-order valence-corrected chi connectivity index (χ0v) is 13.0. The number of carbonyl (C=O) groups is 1. The molecule has 0 unspecified atom stereocenters. The Morgan fingerprint density at radius 1 is 1.25 bits per heavy atom. The Labute approximate surface area is 121 Å². The van der Waals surface area contributed by atoms with Gasteiger partial charge < -0.3 is 4.90 Å². The first-order valence-corrected chi connectivity index (χ1v) is 8.23. The Morgan fingerprint density at radius 2 is 1.90 bits per heavy atom. The van der Waals surface area contributed by atoms with Crippen LogP contribution in [0.1, 0.15) is 25.8 Å². The molecule has 0 bridgehead atoms. The van der Waals surface area contributed by atoms with Gasteiger partial charge in [0.15, 0.2) is 0 Å². The number of amides is 1. The summed E-state index contributed by atoms with van der Waals surface area (Å²) in [5.74, 6) is -0.0399. The second-order valence-electron chi connectivity index (χ2n) is 4.53. The van der Waals surface area contributed by atoms with Crippen LogP contribution in [0.15, 0.2) is 29.2 Å². The molecule has 0 aromatic heterocycles. The molecular formula is C14H22N2O3S. The van der Waals surface area contributed by atoms with Gasteiger partial charge >= 0.3 is 0 Å². The fourth-order valence-corrected chi connectivity index (χ4v) is 3.03. The minimum atomic E-state index is -3.54. The largest absolute Gasteiger partial charge is 0.343 e. The molecule has 0 aliphatic carbocycles. The summed E-state index contributed by atoms with van der Waals surface area (Å²) < 4.78 is 26.5. The highest BCUT2D eigenvalue weighted by Gasteiger charge is 2.15. The molecule has 112 valence electrons. The third-order valence-corrected chi connectivity index (χ3v) is 4.51. The molecule has 0 saturated carbocycles. The van der Waals surface area contributed by atoms with Crippen molar-refractivity contribution in [1.29, 1.82) is 0 Å². The van der Waals surface area contributed by atoms with Gasteiger partial charge in [0.1, 0.15) is 0 Å². The highest BCUT2D eigenvalue weighted by atomic mass is 32.2. The van der Waals surface area contributed by atoms with Crippen molar-refractivity contribution in [2.75, 3.05) is 19.6 Å². The van der Waals surface area contributed by atoms with Crippen molar-refractivity contribution in [3.8, 4) is 0 Å². The van der Waals surface area contributed by atoms with Crippen LogP contribution in [0.3, 0.4) is 0 Å². The number of nitrogens with one attached hydrogen (secondary N) is 1. The maximum absolute atomic E-state index is 12.0. The van der Waals surface area contributed by atoms with E-state index in [0.29, 0.717) is 13.1 Å². The first-order valence-electron chi connectivity index (χ1n) is 6.74. The van der Waals surface area contributed by atoms with Gasteiger partial charge in [0.2, 0.25) is 15.9 Å². The highest BCUT2D eigenvalue weighted by Crippen LogP contribution is 2.10. The van der Waals surface area contributed by atoms with Crippen LogP contribution in [-0.2, 0) is 14.8 Å². The molecule has 1 aromatic rings. The fraction of sp³-hybridized carbons (Fsp3) is 0.500. The molecule has 1 aromatic carbocycles. The van der Waals surface area contributed by atoms with Crippen LogP contribution in [-0.4, -0.2) is 38.9 Å². The summed E-state index contributed by atoms with van der Waals surface area (Å²) in [5.41, 5.74) is 0.882. The Kier molecular flexibility index (Phi) is 6.16. The predicted octanol–water partition coefficient (Wildman–Crippen LogP) is 1.53. The molecule has 0 heterocycles. The summed E-state index contributed by atoms with van der Waals surface area (Å²) in [6.07, 6.45) is 0.173. The van der Waals surface area contributed by atoms with Gasteiger partial charge in [-0.2, -0.15) is 0 Å². The first kappa shape index (κ1) is 16.7. The van der Waals surface area contributed by atoms with Crippen molar-refractivity contribution in [3.63, 3.8) is 0 Å². The standard InChI is InChI=1S/C14H22N2O3S/c1-4-16(5-2)14(17)9-10-15-20(18,19)13-8-6-7-12(3)11-13/h6-8,11,15H,4-5,9-10H2,1-3H3. The van der Waals surface area contributed by atoms with Crippen LogP contribution >= 0.6 is 0 Å². The van der Waals surface area contributed by atoms with E-state index in [1.54, 1.807) is 23.1 Å². The Morgan fingerprint density at radius 3 is 2.45 bits per heavy atom. The molecule has 20 heavy (non-hydrogen) atoms. The van der Waals surface area contributed by atoms with Crippen LogP contribution in [0.5, 0.6) is 0 Å². The molecule has 0 aliphatic heterocycles. The van der Waals surface area contributed by atoms with Crippen LogP contribution in [0.4, 0.5) is 0 Å². The van der Waals surface area contributed by atoms with E-state index in [1.165, 1.54) is 0 Å². The number of hydrogen-bond donors (Lipinski definition) is 1. The third kappa shape index (κ3) is 4.61. The minimum absolute atomic E-state index is 0.0399. The van der Waals surface area contributed by atoms with Gasteiger partial charge in [-0.15, -0.1) is 0 Å². The van der Waals surface area contributed by atoms with Crippen LogP contribution in [0.2, 0.25) is 0 Å². The van der Waals surface area contributed by atoms with Gasteiger partial charge in [0, 0.05) is 26.1 Å². The van der Waals surface area contributed by atoms with Crippen molar-refractivity contribution in [3.05, 3.63) is 29.8 Å². The minimum Gasteiger partial charge on any atom is -0.343 e. The predicted molar refractivity (Wildman–Crippen MR) is 78.9 cm³/mol. The summed E-state index contributed by atoms with van der Waals surface area (Å²) in [6.45, 7) is 7.03. The van der Waals surface area contributed by atoms with E-state index in [9.17, 15) is 13.2 Å². The number of carbonyl (C=O) groups excluding carboxylic acids is 1. The zero-order chi connectivity index (χ0) is 15.2. The van der Waals surface area contributed by atoms with Gasteiger partial charge in [0.25, 0.3) is 0 Å². The van der Waals surface area contributed by atoms with Crippen LogP contribution in [0, 0.1) is 6.92 Å². The lowest BCUT2D eigenvalue weighted by Crippen LogP contribution is -2.34. The second kappa shape index (κ2) is 7.40. The van der Waals surface area contributed by atoms with Crippen molar-refractivity contribution < 1.29 is 13.2 Å². The van der Waals surface area contributed by atoms with E-state index >= 15 is 0 Å². The van der Waals surface area contributed by atoms with Crippen molar-refractivity contribution in [2.45, 2.75) is 32.1 Å². The van der Waals surface area contributed by atoms with Crippen LogP contribution < -0.4 is 4.72 Å². The smallest absolute Gasteiger partial charge is 0.240 e. The zero-order valence-electron chi connectivity index (χ0n) is 12.2. The first-order chi connectivity index (χ1) is 9.40. The van der Waals surface area contributed by atoms with E-state index in [0.717, 1.165) is 5.56 Å². The Hall–Kier alpha value is -1.40. The second-order valence-corrected chi connectivity index (χ2v) is 6.30. The van der Waals surface area contributed by atoms with Gasteiger partial charge in [-0.05, 0) is 38.5 Å². The van der Waals surface area contributed by atoms with Gasteiger partial charge in [-0.25, -0.2) is 13.1 Å². The lowest BCUT2D eigenvalue weighted by Gasteiger charge is -2.18. The molecule has 1 amide bonds. The SMILES string of the molecule is CCN(CC)C(=O)CCNS(=O)(=O)c1cccc(C)c1. The summed E-state index contributed by atoms with van der Waals surface area (Å²) in [5, 5.41) is 0. The van der Waals surface area contributed by atoms with E-state index in [2.05, 4.69) is 4.72 Å². The quantitative estimate of drug-likeness (QED) is 0.830. The van der Waals surface area contributed by atoms with Crippen LogP contribution in [0.25, 0.3) is 0 Å². The summed E-state index contributed by atoms with van der Waals surface area (Å²) in [4.78, 5) is 13.7. The van der Waals surface area contributed by atoms with Crippen molar-refractivity contribution in [2.24, 2.45) is 0 Å². The highest BCUT2D eigenvalue weighted by molar-refractivity contribution is 7.89. The number of aryl methyl sites for hydroxylation is 1. The third-order valence-electron chi connectivity index (χ3n) is 3.05. The van der Waals surface area contributed by atoms with Crippen molar-refractivity contribution >= 4 is 15.9 Å². The lowest BCUT2D eigenvalue weighted by molar-refractivity contribution is -0.130. The number of nitrogens with zero attached hydrogens (tertiary/aromatic N) is 1. The summed E-state index contributed by atoms with van der Waals surface area (Å²) in [7, 11) is -3.54. The molecule has 0 spiro atoms. The Bertz CT molecular complexity index is 551. The maximum Gasteiger partial charge on any atom is 0.240 e. The topological polar surface area (TPSA) is 66.5 Å². The molecule has 1 N–H and O–H groups in total. The van der Waals surface area contributed by atoms with Gasteiger partial charge in [-0.3, -0.25) is 4.79 Å². The lowest BCUT2D eigenvalue weighted by atomic mass is 10.2. The van der Waals surface area contributed by atoms with Gasteiger partial charge in [-0.1, -0.05) is 12.1 Å². The average molecular weight is 298 g/mol. The molecule has 6 heteroatoms. The fourth-order valence-electron chi connectivity index (χ4n) is 1.89. The van der Waals surface area contributed by atoms with E-state index in [-0.39, 0.29) is 23.8 Å². The summed E-state index contributed by atoms with van der Waals surface area (Å²) >= 11 is 0. The molecule has 0 fully saturated rings. The number of hydrogen-bond acceptors (Lipinski definition) is 3. The molecule has 0 radical (unpaired) electrons. The monoisotopic (exact) mass is 298 g/mol. The molecule has 0 saturated heterocycles. The average Bonchev–Trinajstić information content (AvgIpc) is 2.40. The Balaban J connectivity index is 2.59. The molecular weight excluding hydrogens is 276 g/mol. The van der Waals surface area contributed by atoms with E-state index in [4.69, 9.17) is 0 Å². The molecule has 0 atom stereocenters. The number of benzene rings is 1. The molecule has 0 aliphatic rings. The molecule has 1 rings (SSSR count). The normalized spacial score (nSPS) is 11.3. The summed E-state index contributed by atoms with van der Waals surface area (Å²) in [6, 6.07) is 6.68.